The maximum Gasteiger partial charge on any atom is 0.173 e. The Balaban J connectivity index is 2.05. The molecule has 3 nitrogen and oxygen atoms in total. The van der Waals surface area contributed by atoms with Crippen molar-refractivity contribution in [1.29, 1.82) is 0 Å². The van der Waals surface area contributed by atoms with Gasteiger partial charge >= 0.3 is 0 Å². The van der Waals surface area contributed by atoms with Crippen molar-refractivity contribution in [2.45, 2.75) is 25.0 Å². The van der Waals surface area contributed by atoms with Gasteiger partial charge in [0, 0.05) is 10.9 Å². The molecule has 78 valence electrons. The van der Waals surface area contributed by atoms with Crippen molar-refractivity contribution in [2.75, 3.05) is 13.7 Å². The van der Waals surface area contributed by atoms with E-state index in [1.165, 1.54) is 11.3 Å². The minimum atomic E-state index is -0.383. The number of methoxy groups -OCH3 is 1. The molecule has 0 bridgehead atoms. The number of hydrogen-bond acceptors (Lipinski definition) is 4. The summed E-state index contributed by atoms with van der Waals surface area (Å²) in [5.74, 6) is 0. The summed E-state index contributed by atoms with van der Waals surface area (Å²) in [6.07, 6.45) is 1.83. The highest BCUT2D eigenvalue weighted by atomic mass is 32.1. The van der Waals surface area contributed by atoms with E-state index in [4.69, 9.17) is 4.74 Å². The van der Waals surface area contributed by atoms with Gasteiger partial charge in [0.15, 0.2) is 5.06 Å². The fourth-order valence-corrected chi connectivity index (χ4v) is 2.66. The molecule has 1 aliphatic rings. The molecule has 0 aliphatic carbocycles. The van der Waals surface area contributed by atoms with E-state index < -0.39 is 0 Å². The summed E-state index contributed by atoms with van der Waals surface area (Å²) in [7, 11) is 1.65. The van der Waals surface area contributed by atoms with Crippen molar-refractivity contribution in [3.05, 3.63) is 17.0 Å². The van der Waals surface area contributed by atoms with Gasteiger partial charge in [0.1, 0.15) is 6.10 Å². The van der Waals surface area contributed by atoms with Crippen LogP contribution in [0, 0.1) is 0 Å². The molecule has 2 heterocycles. The summed E-state index contributed by atoms with van der Waals surface area (Å²) in [5, 5.41) is 14.2. The van der Waals surface area contributed by atoms with E-state index in [0.29, 0.717) is 0 Å². The van der Waals surface area contributed by atoms with Crippen LogP contribution in [0.3, 0.4) is 0 Å². The molecule has 1 unspecified atom stereocenters. The Kier molecular flexibility index (Phi) is 3.05. The SMILES string of the molecule is COc1ccc(C(O)[C@H]2CCCN2)s1. The van der Waals surface area contributed by atoms with Gasteiger partial charge in [0.25, 0.3) is 0 Å². The fourth-order valence-electron chi connectivity index (χ4n) is 1.78. The van der Waals surface area contributed by atoms with E-state index in [1.807, 2.05) is 12.1 Å². The van der Waals surface area contributed by atoms with Crippen molar-refractivity contribution >= 4 is 11.3 Å². The van der Waals surface area contributed by atoms with E-state index in [9.17, 15) is 5.11 Å². The molecule has 0 amide bonds. The first kappa shape index (κ1) is 9.96. The number of rotatable bonds is 3. The topological polar surface area (TPSA) is 41.5 Å². The molecule has 14 heavy (non-hydrogen) atoms. The first-order valence-electron chi connectivity index (χ1n) is 4.86. The molecule has 1 aliphatic heterocycles. The predicted octanol–water partition coefficient (Wildman–Crippen LogP) is 1.54. The zero-order chi connectivity index (χ0) is 9.97. The Bertz CT molecular complexity index is 294. The van der Waals surface area contributed by atoms with Gasteiger partial charge in [-0.2, -0.15) is 0 Å². The number of hydrogen-bond donors (Lipinski definition) is 2. The van der Waals surface area contributed by atoms with Gasteiger partial charge in [-0.3, -0.25) is 0 Å². The van der Waals surface area contributed by atoms with Crippen molar-refractivity contribution in [3.63, 3.8) is 0 Å². The Morgan fingerprint density at radius 2 is 2.50 bits per heavy atom. The van der Waals surface area contributed by atoms with Crippen LogP contribution in [0.1, 0.15) is 23.8 Å². The highest BCUT2D eigenvalue weighted by Gasteiger charge is 2.25. The van der Waals surface area contributed by atoms with Gasteiger partial charge in [0.2, 0.25) is 0 Å². The number of nitrogens with one attached hydrogen (secondary N) is 1. The molecule has 2 N–H and O–H groups in total. The molecule has 1 saturated heterocycles. The lowest BCUT2D eigenvalue weighted by atomic mass is 10.1. The minimum absolute atomic E-state index is 0.221. The molecule has 1 fully saturated rings. The van der Waals surface area contributed by atoms with Gasteiger partial charge in [-0.25, -0.2) is 0 Å². The zero-order valence-electron chi connectivity index (χ0n) is 8.19. The van der Waals surface area contributed by atoms with Crippen LogP contribution in [0.25, 0.3) is 0 Å². The van der Waals surface area contributed by atoms with E-state index >= 15 is 0 Å². The van der Waals surface area contributed by atoms with Crippen molar-refractivity contribution in [1.82, 2.24) is 5.32 Å². The van der Waals surface area contributed by atoms with E-state index in [0.717, 1.165) is 29.3 Å². The second kappa shape index (κ2) is 4.29. The molecule has 0 saturated carbocycles. The van der Waals surface area contributed by atoms with Gasteiger partial charge < -0.3 is 15.2 Å². The Hall–Kier alpha value is -0.580. The standard InChI is InChI=1S/C10H15NO2S/c1-13-9-5-4-8(14-9)10(12)7-3-2-6-11-7/h4-5,7,10-12H,2-3,6H2,1H3/t7-,10?/m1/s1. The smallest absolute Gasteiger partial charge is 0.173 e. The number of ether oxygens (including phenoxy) is 1. The molecule has 1 aromatic heterocycles. The monoisotopic (exact) mass is 213 g/mol. The lowest BCUT2D eigenvalue weighted by Crippen LogP contribution is -2.28. The Morgan fingerprint density at radius 3 is 3.07 bits per heavy atom. The molecule has 2 rings (SSSR count). The van der Waals surface area contributed by atoms with E-state index in [1.54, 1.807) is 7.11 Å². The summed E-state index contributed by atoms with van der Waals surface area (Å²) >= 11 is 1.52. The zero-order valence-corrected chi connectivity index (χ0v) is 9.01. The van der Waals surface area contributed by atoms with Gasteiger partial charge in [-0.05, 0) is 31.5 Å². The maximum atomic E-state index is 10.0. The number of aliphatic hydroxyl groups excluding tert-OH is 1. The van der Waals surface area contributed by atoms with Crippen LogP contribution in [0.5, 0.6) is 5.06 Å². The summed E-state index contributed by atoms with van der Waals surface area (Å²) in [6, 6.07) is 4.06. The molecule has 0 aromatic carbocycles. The van der Waals surface area contributed by atoms with Crippen LogP contribution < -0.4 is 10.1 Å². The summed E-state index contributed by atoms with van der Waals surface area (Å²) < 4.78 is 5.09. The summed E-state index contributed by atoms with van der Waals surface area (Å²) in [4.78, 5) is 0.987. The Morgan fingerprint density at radius 1 is 1.64 bits per heavy atom. The first-order valence-corrected chi connectivity index (χ1v) is 5.68. The lowest BCUT2D eigenvalue weighted by molar-refractivity contribution is 0.141. The van der Waals surface area contributed by atoms with E-state index in [2.05, 4.69) is 5.32 Å². The fraction of sp³-hybridized carbons (Fsp3) is 0.600. The summed E-state index contributed by atoms with van der Waals surface area (Å²) in [6.45, 7) is 1.02. The van der Waals surface area contributed by atoms with Crippen molar-refractivity contribution in [2.24, 2.45) is 0 Å². The molecule has 0 spiro atoms. The third-order valence-corrected chi connectivity index (χ3v) is 3.69. The highest BCUT2D eigenvalue weighted by molar-refractivity contribution is 7.13. The third-order valence-electron chi connectivity index (χ3n) is 2.57. The van der Waals surface area contributed by atoms with Crippen LogP contribution >= 0.6 is 11.3 Å². The molecular weight excluding hydrogens is 198 g/mol. The number of aliphatic hydroxyl groups is 1. The Labute approximate surface area is 87.7 Å². The minimum Gasteiger partial charge on any atom is -0.487 e. The third kappa shape index (κ3) is 1.92. The van der Waals surface area contributed by atoms with Crippen LogP contribution in [0.2, 0.25) is 0 Å². The van der Waals surface area contributed by atoms with Crippen molar-refractivity contribution < 1.29 is 9.84 Å². The molecule has 4 heteroatoms. The second-order valence-corrected chi connectivity index (χ2v) is 4.59. The van der Waals surface area contributed by atoms with Crippen LogP contribution in [0.15, 0.2) is 12.1 Å². The maximum absolute atomic E-state index is 10.0. The van der Waals surface area contributed by atoms with Crippen LogP contribution in [0.4, 0.5) is 0 Å². The largest absolute Gasteiger partial charge is 0.487 e. The average molecular weight is 213 g/mol. The van der Waals surface area contributed by atoms with Gasteiger partial charge in [-0.15, -0.1) is 11.3 Å². The van der Waals surface area contributed by atoms with E-state index in [-0.39, 0.29) is 12.1 Å². The van der Waals surface area contributed by atoms with Crippen molar-refractivity contribution in [3.8, 4) is 5.06 Å². The highest BCUT2D eigenvalue weighted by Crippen LogP contribution is 2.32. The van der Waals surface area contributed by atoms with Crippen LogP contribution in [-0.4, -0.2) is 24.8 Å². The second-order valence-electron chi connectivity index (χ2n) is 3.51. The molecule has 1 aromatic rings. The molecular formula is C10H15NO2S. The van der Waals surface area contributed by atoms with Gasteiger partial charge in [-0.1, -0.05) is 0 Å². The normalized spacial score (nSPS) is 23.7. The number of thiophene rings is 1. The van der Waals surface area contributed by atoms with Gasteiger partial charge in [0.05, 0.1) is 7.11 Å². The lowest BCUT2D eigenvalue weighted by Gasteiger charge is -2.16. The quantitative estimate of drug-likeness (QED) is 0.800. The average Bonchev–Trinajstić information content (AvgIpc) is 2.88. The molecule has 0 radical (unpaired) electrons. The summed E-state index contributed by atoms with van der Waals surface area (Å²) in [5.41, 5.74) is 0. The predicted molar refractivity (Wildman–Crippen MR) is 56.9 cm³/mol. The first-order chi connectivity index (χ1) is 6.81. The van der Waals surface area contributed by atoms with Crippen LogP contribution in [-0.2, 0) is 0 Å². The molecule has 2 atom stereocenters.